The molecule has 0 spiro atoms. The monoisotopic (exact) mass is 381 g/mol. The van der Waals surface area contributed by atoms with Gasteiger partial charge in [0.1, 0.15) is 5.75 Å². The van der Waals surface area contributed by atoms with Crippen molar-refractivity contribution in [2.75, 3.05) is 60.3 Å². The van der Waals surface area contributed by atoms with Crippen LogP contribution in [0.3, 0.4) is 0 Å². The van der Waals surface area contributed by atoms with Crippen molar-refractivity contribution in [3.05, 3.63) is 29.8 Å². The van der Waals surface area contributed by atoms with E-state index in [0.717, 1.165) is 56.4 Å². The van der Waals surface area contributed by atoms with E-state index in [1.807, 2.05) is 24.3 Å². The van der Waals surface area contributed by atoms with Crippen molar-refractivity contribution < 1.29 is 18.9 Å². The molecule has 0 aliphatic carbocycles. The van der Waals surface area contributed by atoms with E-state index in [0.29, 0.717) is 26.4 Å². The third kappa shape index (κ3) is 12.2. The number of aliphatic imine (C=N–C) groups is 1. The topological polar surface area (TPSA) is 73.3 Å². The fourth-order valence-electron chi connectivity index (χ4n) is 2.24. The molecule has 1 rings (SSSR count). The van der Waals surface area contributed by atoms with Gasteiger partial charge in [-0.1, -0.05) is 12.1 Å². The summed E-state index contributed by atoms with van der Waals surface area (Å²) in [4.78, 5) is 4.57. The first-order valence-corrected chi connectivity index (χ1v) is 9.59. The summed E-state index contributed by atoms with van der Waals surface area (Å²) < 4.78 is 21.2. The summed E-state index contributed by atoms with van der Waals surface area (Å²) in [6.07, 6.45) is 1.81. The quantitative estimate of drug-likeness (QED) is 0.276. The Morgan fingerprint density at radius 3 is 2.41 bits per heavy atom. The summed E-state index contributed by atoms with van der Waals surface area (Å²) in [7, 11) is 3.34. The van der Waals surface area contributed by atoms with Crippen LogP contribution in [-0.4, -0.2) is 66.2 Å². The average molecular weight is 382 g/mol. The van der Waals surface area contributed by atoms with Gasteiger partial charge in [-0.05, 0) is 37.5 Å². The molecule has 0 saturated heterocycles. The molecular weight excluding hydrogens is 346 g/mol. The first-order chi connectivity index (χ1) is 13.3. The van der Waals surface area contributed by atoms with Crippen molar-refractivity contribution in [3.8, 4) is 5.75 Å². The molecule has 0 amide bonds. The minimum absolute atomic E-state index is 0.606. The molecule has 1 aromatic rings. The van der Waals surface area contributed by atoms with Gasteiger partial charge in [0.25, 0.3) is 0 Å². The van der Waals surface area contributed by atoms with E-state index >= 15 is 0 Å². The Kier molecular flexibility index (Phi) is 14.1. The minimum Gasteiger partial charge on any atom is -0.497 e. The summed E-state index contributed by atoms with van der Waals surface area (Å²) in [5.41, 5.74) is 1.14. The predicted octanol–water partition coefficient (Wildman–Crippen LogP) is 2.21. The van der Waals surface area contributed by atoms with Crippen molar-refractivity contribution in [1.82, 2.24) is 10.6 Å². The molecular formula is C20H35N3O4. The van der Waals surface area contributed by atoms with Gasteiger partial charge in [0.15, 0.2) is 5.96 Å². The zero-order valence-corrected chi connectivity index (χ0v) is 17.0. The summed E-state index contributed by atoms with van der Waals surface area (Å²) in [6, 6.07) is 7.92. The van der Waals surface area contributed by atoms with E-state index in [2.05, 4.69) is 22.5 Å². The predicted molar refractivity (Wildman–Crippen MR) is 109 cm³/mol. The lowest BCUT2D eigenvalue weighted by Crippen LogP contribution is -2.38. The molecule has 154 valence electrons. The van der Waals surface area contributed by atoms with Crippen molar-refractivity contribution >= 4 is 5.96 Å². The van der Waals surface area contributed by atoms with Crippen LogP contribution >= 0.6 is 0 Å². The molecule has 1 aromatic carbocycles. The highest BCUT2D eigenvalue weighted by Gasteiger charge is 1.98. The summed E-state index contributed by atoms with van der Waals surface area (Å²) in [5.74, 6) is 1.70. The molecule has 0 saturated carbocycles. The number of methoxy groups -OCH3 is 2. The fourth-order valence-corrected chi connectivity index (χ4v) is 2.24. The number of nitrogens with one attached hydrogen (secondary N) is 2. The lowest BCUT2D eigenvalue weighted by atomic mass is 10.2. The smallest absolute Gasteiger partial charge is 0.191 e. The Morgan fingerprint density at radius 2 is 1.70 bits per heavy atom. The van der Waals surface area contributed by atoms with Crippen LogP contribution in [0.25, 0.3) is 0 Å². The van der Waals surface area contributed by atoms with Gasteiger partial charge in [0.2, 0.25) is 0 Å². The molecule has 7 nitrogen and oxygen atoms in total. The Labute approximate surface area is 163 Å². The molecule has 0 aromatic heterocycles. The first kappa shape index (κ1) is 23.2. The molecule has 7 heteroatoms. The Hall–Kier alpha value is -1.83. The molecule has 27 heavy (non-hydrogen) atoms. The van der Waals surface area contributed by atoms with E-state index in [1.54, 1.807) is 14.2 Å². The third-order valence-electron chi connectivity index (χ3n) is 3.68. The van der Waals surface area contributed by atoms with Gasteiger partial charge in [0.05, 0.1) is 26.9 Å². The summed E-state index contributed by atoms with van der Waals surface area (Å²) >= 11 is 0. The second-order valence-corrected chi connectivity index (χ2v) is 5.90. The van der Waals surface area contributed by atoms with E-state index in [-0.39, 0.29) is 0 Å². The number of hydrogen-bond acceptors (Lipinski definition) is 5. The van der Waals surface area contributed by atoms with Gasteiger partial charge in [-0.3, -0.25) is 4.99 Å². The van der Waals surface area contributed by atoms with Crippen LogP contribution in [-0.2, 0) is 20.8 Å². The number of guanidine groups is 1. The number of ether oxygens (including phenoxy) is 4. The highest BCUT2D eigenvalue weighted by molar-refractivity contribution is 5.79. The van der Waals surface area contributed by atoms with Crippen molar-refractivity contribution in [1.29, 1.82) is 0 Å². The van der Waals surface area contributed by atoms with Gasteiger partial charge in [-0.2, -0.15) is 0 Å². The molecule has 0 bridgehead atoms. The fraction of sp³-hybridized carbons (Fsp3) is 0.650. The van der Waals surface area contributed by atoms with Gasteiger partial charge >= 0.3 is 0 Å². The zero-order chi connectivity index (χ0) is 19.6. The van der Waals surface area contributed by atoms with Gasteiger partial charge in [0, 0.05) is 40.0 Å². The van der Waals surface area contributed by atoms with E-state index in [9.17, 15) is 0 Å². The second-order valence-electron chi connectivity index (χ2n) is 5.90. The molecule has 0 aliphatic heterocycles. The van der Waals surface area contributed by atoms with E-state index in [1.165, 1.54) is 0 Å². The summed E-state index contributed by atoms with van der Waals surface area (Å²) in [6.45, 7) is 7.73. The lowest BCUT2D eigenvalue weighted by molar-refractivity contribution is 0.0698. The molecule has 0 aliphatic rings. The molecule has 0 fully saturated rings. The molecule has 2 N–H and O–H groups in total. The average Bonchev–Trinajstić information content (AvgIpc) is 2.70. The lowest BCUT2D eigenvalue weighted by Gasteiger charge is -2.11. The van der Waals surface area contributed by atoms with Crippen LogP contribution in [0.4, 0.5) is 0 Å². The molecule has 0 atom stereocenters. The highest BCUT2D eigenvalue weighted by atomic mass is 16.5. The Morgan fingerprint density at radius 1 is 0.926 bits per heavy atom. The Bertz CT molecular complexity index is 495. The van der Waals surface area contributed by atoms with Gasteiger partial charge in [-0.15, -0.1) is 0 Å². The van der Waals surface area contributed by atoms with E-state index < -0.39 is 0 Å². The van der Waals surface area contributed by atoms with Crippen molar-refractivity contribution in [3.63, 3.8) is 0 Å². The first-order valence-electron chi connectivity index (χ1n) is 9.59. The molecule has 0 heterocycles. The number of hydrogen-bond donors (Lipinski definition) is 2. The summed E-state index contributed by atoms with van der Waals surface area (Å²) in [5, 5.41) is 6.56. The van der Waals surface area contributed by atoms with Crippen LogP contribution in [0.1, 0.15) is 25.3 Å². The second kappa shape index (κ2) is 16.4. The largest absolute Gasteiger partial charge is 0.497 e. The minimum atomic E-state index is 0.606. The maximum Gasteiger partial charge on any atom is 0.191 e. The van der Waals surface area contributed by atoms with E-state index in [4.69, 9.17) is 18.9 Å². The van der Waals surface area contributed by atoms with Crippen molar-refractivity contribution in [2.45, 2.75) is 26.4 Å². The third-order valence-corrected chi connectivity index (χ3v) is 3.68. The van der Waals surface area contributed by atoms with Crippen molar-refractivity contribution in [2.24, 2.45) is 4.99 Å². The number of rotatable bonds is 15. The standard InChI is InChI=1S/C20H35N3O4/c1-4-21-20(22-11-5-13-26-16-15-24-2)23-12-6-14-27-17-18-7-9-19(25-3)10-8-18/h7-10H,4-6,11-17H2,1-3H3,(H2,21,22,23). The van der Waals surface area contributed by atoms with Crippen LogP contribution in [0.2, 0.25) is 0 Å². The normalized spacial score (nSPS) is 11.4. The number of benzene rings is 1. The SMILES string of the molecule is CCNC(=NCCCOCc1ccc(OC)cc1)NCCCOCCOC. The van der Waals surface area contributed by atoms with Crippen LogP contribution < -0.4 is 15.4 Å². The maximum absolute atomic E-state index is 5.70. The van der Waals surface area contributed by atoms with Crippen LogP contribution in [0, 0.1) is 0 Å². The van der Waals surface area contributed by atoms with Crippen LogP contribution in [0.5, 0.6) is 5.75 Å². The number of nitrogens with zero attached hydrogens (tertiary/aromatic N) is 1. The molecule has 0 radical (unpaired) electrons. The maximum atomic E-state index is 5.70. The Balaban J connectivity index is 2.11. The van der Waals surface area contributed by atoms with Gasteiger partial charge < -0.3 is 29.6 Å². The zero-order valence-electron chi connectivity index (χ0n) is 17.0. The van der Waals surface area contributed by atoms with Crippen LogP contribution in [0.15, 0.2) is 29.3 Å². The highest BCUT2D eigenvalue weighted by Crippen LogP contribution is 2.11. The van der Waals surface area contributed by atoms with Gasteiger partial charge in [-0.25, -0.2) is 0 Å². The molecule has 0 unspecified atom stereocenters.